The molecule has 1 heterocycles. The second kappa shape index (κ2) is 8.75. The summed E-state index contributed by atoms with van der Waals surface area (Å²) in [4.78, 5) is 12.6. The Morgan fingerprint density at radius 2 is 1.53 bits per heavy atom. The molecule has 1 N–H and O–H groups in total. The summed E-state index contributed by atoms with van der Waals surface area (Å²) in [5.74, 6) is -0.531. The minimum Gasteiger partial charge on any atom is -0.325 e. The van der Waals surface area contributed by atoms with Crippen molar-refractivity contribution in [3.63, 3.8) is 0 Å². The molecule has 0 saturated carbocycles. The molecular weight excluding hydrogens is 426 g/mol. The zero-order valence-corrected chi connectivity index (χ0v) is 18.5. The molecule has 162 valence electrons. The number of sulfonamides is 2. The van der Waals surface area contributed by atoms with Gasteiger partial charge >= 0.3 is 0 Å². The predicted molar refractivity (Wildman–Crippen MR) is 116 cm³/mol. The maximum absolute atomic E-state index is 12.6. The standard InChI is InChI=1S/C20H25N3O5S2/c1-16-5-9-18(10-6-16)23(29(2,25)26)15-20(24)21-17-7-11-19(12-8-17)30(27,28)22-13-3-4-14-22/h5-12H,3-4,13-15H2,1-2H3,(H,21,24). The van der Waals surface area contributed by atoms with Crippen LogP contribution in [0.2, 0.25) is 0 Å². The van der Waals surface area contributed by atoms with Crippen molar-refractivity contribution in [1.29, 1.82) is 0 Å². The molecule has 0 aromatic heterocycles. The fourth-order valence-electron chi connectivity index (χ4n) is 3.23. The first-order valence-electron chi connectivity index (χ1n) is 9.52. The molecule has 1 aliphatic rings. The van der Waals surface area contributed by atoms with Gasteiger partial charge in [-0.3, -0.25) is 9.10 Å². The van der Waals surface area contributed by atoms with E-state index in [0.29, 0.717) is 24.5 Å². The zero-order valence-electron chi connectivity index (χ0n) is 16.9. The molecule has 1 fully saturated rings. The molecule has 8 nitrogen and oxygen atoms in total. The van der Waals surface area contributed by atoms with E-state index in [9.17, 15) is 21.6 Å². The highest BCUT2D eigenvalue weighted by Gasteiger charge is 2.27. The minimum absolute atomic E-state index is 0.166. The summed E-state index contributed by atoms with van der Waals surface area (Å²) in [6.45, 7) is 2.52. The Morgan fingerprint density at radius 3 is 2.07 bits per heavy atom. The van der Waals surface area contributed by atoms with Crippen molar-refractivity contribution in [3.8, 4) is 0 Å². The van der Waals surface area contributed by atoms with E-state index in [1.807, 2.05) is 6.92 Å². The van der Waals surface area contributed by atoms with E-state index >= 15 is 0 Å². The summed E-state index contributed by atoms with van der Waals surface area (Å²) in [7, 11) is -7.19. The van der Waals surface area contributed by atoms with E-state index in [1.165, 1.54) is 28.6 Å². The topological polar surface area (TPSA) is 104 Å². The van der Waals surface area contributed by atoms with Gasteiger partial charge in [0.05, 0.1) is 16.8 Å². The summed E-state index contributed by atoms with van der Waals surface area (Å²) in [5, 5.41) is 2.62. The van der Waals surface area contributed by atoms with E-state index in [-0.39, 0.29) is 4.90 Å². The molecule has 3 rings (SSSR count). The molecule has 0 bridgehead atoms. The highest BCUT2D eigenvalue weighted by molar-refractivity contribution is 7.92. The Hall–Kier alpha value is -2.43. The number of anilines is 2. The second-order valence-electron chi connectivity index (χ2n) is 7.29. The lowest BCUT2D eigenvalue weighted by Gasteiger charge is -2.22. The van der Waals surface area contributed by atoms with Gasteiger partial charge in [-0.1, -0.05) is 17.7 Å². The van der Waals surface area contributed by atoms with Gasteiger partial charge in [0.1, 0.15) is 6.54 Å². The van der Waals surface area contributed by atoms with Gasteiger partial charge < -0.3 is 5.32 Å². The molecule has 0 radical (unpaired) electrons. The van der Waals surface area contributed by atoms with Crippen molar-refractivity contribution in [2.75, 3.05) is 35.5 Å². The van der Waals surface area contributed by atoms with Crippen molar-refractivity contribution in [1.82, 2.24) is 4.31 Å². The van der Waals surface area contributed by atoms with Crippen molar-refractivity contribution in [3.05, 3.63) is 54.1 Å². The monoisotopic (exact) mass is 451 g/mol. The average molecular weight is 452 g/mol. The SMILES string of the molecule is Cc1ccc(N(CC(=O)Nc2ccc(S(=O)(=O)N3CCCC3)cc2)S(C)(=O)=O)cc1. The number of nitrogens with one attached hydrogen (secondary N) is 1. The van der Waals surface area contributed by atoms with Crippen LogP contribution in [0.3, 0.4) is 0 Å². The number of nitrogens with zero attached hydrogens (tertiary/aromatic N) is 2. The quantitative estimate of drug-likeness (QED) is 0.695. The van der Waals surface area contributed by atoms with E-state index in [2.05, 4.69) is 5.32 Å². The number of amides is 1. The Balaban J connectivity index is 1.71. The largest absolute Gasteiger partial charge is 0.325 e. The third kappa shape index (κ3) is 5.18. The molecule has 0 spiro atoms. The van der Waals surface area contributed by atoms with Crippen LogP contribution in [-0.4, -0.2) is 52.9 Å². The summed E-state index contributed by atoms with van der Waals surface area (Å²) in [5.41, 5.74) is 1.75. The van der Waals surface area contributed by atoms with Crippen LogP contribution in [0.4, 0.5) is 11.4 Å². The van der Waals surface area contributed by atoms with Crippen LogP contribution >= 0.6 is 0 Å². The highest BCUT2D eigenvalue weighted by atomic mass is 32.2. The lowest BCUT2D eigenvalue weighted by molar-refractivity contribution is -0.114. The number of rotatable bonds is 7. The second-order valence-corrected chi connectivity index (χ2v) is 11.1. The van der Waals surface area contributed by atoms with Gasteiger partial charge in [0, 0.05) is 18.8 Å². The van der Waals surface area contributed by atoms with Crippen LogP contribution in [0.1, 0.15) is 18.4 Å². The molecule has 1 amide bonds. The van der Waals surface area contributed by atoms with Gasteiger partial charge in [0.25, 0.3) is 0 Å². The molecule has 2 aromatic carbocycles. The van der Waals surface area contributed by atoms with Crippen molar-refractivity contribution < 1.29 is 21.6 Å². The first-order valence-corrected chi connectivity index (χ1v) is 12.8. The Morgan fingerprint density at radius 1 is 0.967 bits per heavy atom. The van der Waals surface area contributed by atoms with Gasteiger partial charge in [0.2, 0.25) is 26.0 Å². The Bertz CT molecular complexity index is 1110. The smallest absolute Gasteiger partial charge is 0.245 e. The minimum atomic E-state index is -3.67. The van der Waals surface area contributed by atoms with Crippen molar-refractivity contribution in [2.24, 2.45) is 0 Å². The predicted octanol–water partition coefficient (Wildman–Crippen LogP) is 2.18. The summed E-state index contributed by atoms with van der Waals surface area (Å²) < 4.78 is 51.9. The molecule has 1 saturated heterocycles. The first-order chi connectivity index (χ1) is 14.1. The molecule has 30 heavy (non-hydrogen) atoms. The van der Waals surface area contributed by atoms with Crippen LogP contribution in [-0.2, 0) is 24.8 Å². The lowest BCUT2D eigenvalue weighted by atomic mass is 10.2. The van der Waals surface area contributed by atoms with E-state index in [0.717, 1.165) is 29.0 Å². The number of carbonyl (C=O) groups excluding carboxylic acids is 1. The summed E-state index contributed by atoms with van der Waals surface area (Å²) in [6.07, 6.45) is 2.74. The molecule has 0 aliphatic carbocycles. The van der Waals surface area contributed by atoms with Crippen LogP contribution in [0.15, 0.2) is 53.4 Å². The molecule has 0 unspecified atom stereocenters. The number of benzene rings is 2. The maximum Gasteiger partial charge on any atom is 0.245 e. The van der Waals surface area contributed by atoms with Crippen molar-refractivity contribution >= 4 is 37.3 Å². The van der Waals surface area contributed by atoms with Crippen LogP contribution in [0.25, 0.3) is 0 Å². The van der Waals surface area contributed by atoms with Gasteiger partial charge in [-0.2, -0.15) is 4.31 Å². The lowest BCUT2D eigenvalue weighted by Crippen LogP contribution is -2.37. The molecule has 2 aromatic rings. The summed E-state index contributed by atoms with van der Waals surface area (Å²) in [6, 6.07) is 12.7. The average Bonchev–Trinajstić information content (AvgIpc) is 3.22. The third-order valence-corrected chi connectivity index (χ3v) is 7.90. The maximum atomic E-state index is 12.6. The van der Waals surface area contributed by atoms with Gasteiger partial charge in [0.15, 0.2) is 0 Å². The third-order valence-electron chi connectivity index (χ3n) is 4.85. The molecule has 0 atom stereocenters. The molecular formula is C20H25N3O5S2. The van der Waals surface area contributed by atoms with E-state index in [4.69, 9.17) is 0 Å². The van der Waals surface area contributed by atoms with Gasteiger partial charge in [-0.15, -0.1) is 0 Å². The van der Waals surface area contributed by atoms with E-state index < -0.39 is 32.5 Å². The number of aryl methyl sites for hydroxylation is 1. The number of carbonyl (C=O) groups is 1. The summed E-state index contributed by atoms with van der Waals surface area (Å²) >= 11 is 0. The van der Waals surface area contributed by atoms with Crippen molar-refractivity contribution in [2.45, 2.75) is 24.7 Å². The first kappa shape index (κ1) is 22.3. The van der Waals surface area contributed by atoms with Gasteiger partial charge in [-0.05, 0) is 56.2 Å². The Labute approximate surface area is 177 Å². The Kier molecular flexibility index (Phi) is 6.49. The fourth-order valence-corrected chi connectivity index (χ4v) is 5.60. The van der Waals surface area contributed by atoms with Crippen LogP contribution in [0.5, 0.6) is 0 Å². The highest BCUT2D eigenvalue weighted by Crippen LogP contribution is 2.23. The zero-order chi connectivity index (χ0) is 21.9. The normalized spacial score (nSPS) is 15.1. The number of hydrogen-bond donors (Lipinski definition) is 1. The van der Waals surface area contributed by atoms with E-state index in [1.54, 1.807) is 24.3 Å². The number of hydrogen-bond acceptors (Lipinski definition) is 5. The van der Waals surface area contributed by atoms with Crippen LogP contribution in [0, 0.1) is 6.92 Å². The van der Waals surface area contributed by atoms with Crippen LogP contribution < -0.4 is 9.62 Å². The van der Waals surface area contributed by atoms with Gasteiger partial charge in [-0.25, -0.2) is 16.8 Å². The molecule has 1 aliphatic heterocycles. The molecule has 10 heteroatoms. The fraction of sp³-hybridized carbons (Fsp3) is 0.350.